The van der Waals surface area contributed by atoms with E-state index in [1.807, 2.05) is 37.3 Å². The topological polar surface area (TPSA) is 96.8 Å². The van der Waals surface area contributed by atoms with Crippen LogP contribution in [0.5, 0.6) is 0 Å². The molecule has 0 aliphatic carbocycles. The van der Waals surface area contributed by atoms with E-state index >= 15 is 0 Å². The van der Waals surface area contributed by atoms with Crippen molar-refractivity contribution in [3.8, 4) is 0 Å². The van der Waals surface area contributed by atoms with Crippen molar-refractivity contribution >= 4 is 23.5 Å². The summed E-state index contributed by atoms with van der Waals surface area (Å²) in [4.78, 5) is 35.8. The highest BCUT2D eigenvalue weighted by molar-refractivity contribution is 7.99. The number of nitrogens with zero attached hydrogens (tertiary/aromatic N) is 2. The molecule has 0 unspecified atom stereocenters. The van der Waals surface area contributed by atoms with Gasteiger partial charge in [-0.05, 0) is 25.3 Å². The minimum absolute atomic E-state index is 0.0909. The molecule has 1 atom stereocenters. The molecule has 0 aliphatic rings. The molecule has 1 aromatic heterocycles. The summed E-state index contributed by atoms with van der Waals surface area (Å²) in [5, 5.41) is 9.63. The summed E-state index contributed by atoms with van der Waals surface area (Å²) in [6, 6.07) is 8.99. The lowest BCUT2D eigenvalue weighted by Gasteiger charge is -2.16. The van der Waals surface area contributed by atoms with E-state index in [2.05, 4.69) is 15.5 Å². The smallest absolute Gasteiger partial charge is 0.343 e. The Morgan fingerprint density at radius 1 is 1.31 bits per heavy atom. The van der Waals surface area contributed by atoms with Gasteiger partial charge in [-0.2, -0.15) is 0 Å². The van der Waals surface area contributed by atoms with E-state index in [0.717, 1.165) is 18.4 Å². The lowest BCUT2D eigenvalue weighted by atomic mass is 10.0. The van der Waals surface area contributed by atoms with Gasteiger partial charge in [0.15, 0.2) is 10.9 Å². The Kier molecular flexibility index (Phi) is 7.65. The molecule has 7 nitrogen and oxygen atoms in total. The summed E-state index contributed by atoms with van der Waals surface area (Å²) in [6.45, 7) is 4.08. The Morgan fingerprint density at radius 2 is 2.04 bits per heavy atom. The van der Waals surface area contributed by atoms with Gasteiger partial charge >= 0.3 is 5.69 Å². The second-order valence-corrected chi connectivity index (χ2v) is 6.97. The van der Waals surface area contributed by atoms with Crippen molar-refractivity contribution in [2.45, 2.75) is 50.9 Å². The summed E-state index contributed by atoms with van der Waals surface area (Å²) in [7, 11) is 0. The summed E-state index contributed by atoms with van der Waals surface area (Å²) in [5.74, 6) is -0.259. The van der Waals surface area contributed by atoms with E-state index in [-0.39, 0.29) is 23.1 Å². The number of aromatic amines is 1. The Morgan fingerprint density at radius 3 is 2.69 bits per heavy atom. The Labute approximate surface area is 156 Å². The number of ketones is 1. The van der Waals surface area contributed by atoms with Crippen LogP contribution in [0.2, 0.25) is 0 Å². The molecule has 0 saturated carbocycles. The first kappa shape index (κ1) is 20.0. The number of carbonyl (C=O) groups is 2. The maximum Gasteiger partial charge on any atom is 0.343 e. The molecule has 0 saturated heterocycles. The van der Waals surface area contributed by atoms with Gasteiger partial charge in [-0.15, -0.1) is 5.10 Å². The molecule has 1 heterocycles. The molecule has 26 heavy (non-hydrogen) atoms. The van der Waals surface area contributed by atoms with Crippen LogP contribution in [0.25, 0.3) is 0 Å². The average molecular weight is 376 g/mol. The minimum Gasteiger partial charge on any atom is -0.345 e. The highest BCUT2D eigenvalue weighted by atomic mass is 32.2. The number of carbonyl (C=O) groups excluding carboxylic acids is 2. The Hall–Kier alpha value is -2.35. The van der Waals surface area contributed by atoms with Gasteiger partial charge in [0, 0.05) is 6.54 Å². The number of rotatable bonds is 10. The molecule has 2 rings (SSSR count). The second kappa shape index (κ2) is 9.96. The summed E-state index contributed by atoms with van der Waals surface area (Å²) >= 11 is 1.18. The number of nitrogens with one attached hydrogen (secondary N) is 2. The SMILES string of the molecule is CCCCn1c(SCC(=O)N[C@@H](Cc2ccccc2)C(C)=O)n[nH]c1=O. The fourth-order valence-electron chi connectivity index (χ4n) is 2.44. The Balaban J connectivity index is 1.92. The van der Waals surface area contributed by atoms with Crippen molar-refractivity contribution in [1.29, 1.82) is 0 Å². The Bertz CT molecular complexity index is 785. The minimum atomic E-state index is -0.563. The highest BCUT2D eigenvalue weighted by Gasteiger charge is 2.18. The third kappa shape index (κ3) is 5.87. The molecule has 1 amide bonds. The average Bonchev–Trinajstić information content (AvgIpc) is 2.98. The number of aromatic nitrogens is 3. The molecular weight excluding hydrogens is 352 g/mol. The van der Waals surface area contributed by atoms with Crippen LogP contribution in [0, 0.1) is 0 Å². The summed E-state index contributed by atoms with van der Waals surface area (Å²) < 4.78 is 1.54. The number of hydrogen-bond donors (Lipinski definition) is 2. The van der Waals surface area contributed by atoms with E-state index in [1.54, 1.807) is 0 Å². The molecule has 1 aromatic carbocycles. The van der Waals surface area contributed by atoms with Crippen LogP contribution in [0.3, 0.4) is 0 Å². The molecule has 140 valence electrons. The first-order valence-electron chi connectivity index (χ1n) is 8.63. The number of thioether (sulfide) groups is 1. The molecular formula is C18H24N4O3S. The van der Waals surface area contributed by atoms with Crippen LogP contribution >= 0.6 is 11.8 Å². The van der Waals surface area contributed by atoms with Crippen molar-refractivity contribution in [3.63, 3.8) is 0 Å². The molecule has 0 bridgehead atoms. The predicted octanol–water partition coefficient (Wildman–Crippen LogP) is 1.78. The predicted molar refractivity (Wildman–Crippen MR) is 101 cm³/mol. The lowest BCUT2D eigenvalue weighted by Crippen LogP contribution is -2.42. The van der Waals surface area contributed by atoms with Crippen molar-refractivity contribution in [3.05, 3.63) is 46.4 Å². The van der Waals surface area contributed by atoms with Crippen LogP contribution in [0.15, 0.2) is 40.3 Å². The number of unbranched alkanes of at least 4 members (excludes halogenated alkanes) is 1. The second-order valence-electron chi connectivity index (χ2n) is 6.03. The summed E-state index contributed by atoms with van der Waals surface area (Å²) in [6.07, 6.45) is 2.28. The van der Waals surface area contributed by atoms with Gasteiger partial charge in [-0.1, -0.05) is 55.4 Å². The quantitative estimate of drug-likeness (QED) is 0.616. The highest BCUT2D eigenvalue weighted by Crippen LogP contribution is 2.13. The van der Waals surface area contributed by atoms with Crippen LogP contribution in [0.1, 0.15) is 32.3 Å². The number of benzene rings is 1. The third-order valence-corrected chi connectivity index (χ3v) is 4.88. The first-order valence-corrected chi connectivity index (χ1v) is 9.61. The van der Waals surface area contributed by atoms with Crippen LogP contribution < -0.4 is 11.0 Å². The summed E-state index contributed by atoms with van der Waals surface area (Å²) in [5.41, 5.74) is 0.716. The van der Waals surface area contributed by atoms with E-state index in [1.165, 1.54) is 23.3 Å². The van der Waals surface area contributed by atoms with Gasteiger partial charge < -0.3 is 5.32 Å². The van der Waals surface area contributed by atoms with E-state index in [0.29, 0.717) is 18.1 Å². The largest absolute Gasteiger partial charge is 0.345 e. The van der Waals surface area contributed by atoms with E-state index < -0.39 is 6.04 Å². The number of amides is 1. The molecule has 0 spiro atoms. The third-order valence-electron chi connectivity index (χ3n) is 3.90. The molecule has 0 radical (unpaired) electrons. The van der Waals surface area contributed by atoms with Gasteiger partial charge in [-0.25, -0.2) is 9.89 Å². The number of H-pyrrole nitrogens is 1. The number of hydrogen-bond acceptors (Lipinski definition) is 5. The van der Waals surface area contributed by atoms with Crippen LogP contribution in [-0.4, -0.2) is 38.2 Å². The molecule has 8 heteroatoms. The van der Waals surface area contributed by atoms with Crippen LogP contribution in [-0.2, 0) is 22.6 Å². The maximum absolute atomic E-state index is 12.2. The van der Waals surface area contributed by atoms with Gasteiger partial charge in [-0.3, -0.25) is 14.2 Å². The van der Waals surface area contributed by atoms with Gasteiger partial charge in [0.25, 0.3) is 0 Å². The maximum atomic E-state index is 12.2. The molecule has 2 N–H and O–H groups in total. The van der Waals surface area contributed by atoms with Gasteiger partial charge in [0.05, 0.1) is 11.8 Å². The van der Waals surface area contributed by atoms with E-state index in [9.17, 15) is 14.4 Å². The van der Waals surface area contributed by atoms with Crippen LogP contribution in [0.4, 0.5) is 0 Å². The normalized spacial score (nSPS) is 11.9. The van der Waals surface area contributed by atoms with Crippen molar-refractivity contribution in [2.24, 2.45) is 0 Å². The molecule has 0 aliphatic heterocycles. The van der Waals surface area contributed by atoms with Crippen molar-refractivity contribution in [2.75, 3.05) is 5.75 Å². The molecule has 2 aromatic rings. The number of Topliss-reactive ketones (excluding diaryl/α,β-unsaturated/α-hetero) is 1. The zero-order chi connectivity index (χ0) is 18.9. The fraction of sp³-hybridized carbons (Fsp3) is 0.444. The zero-order valence-corrected chi connectivity index (χ0v) is 15.8. The van der Waals surface area contributed by atoms with Gasteiger partial charge in [0.2, 0.25) is 5.91 Å². The molecule has 0 fully saturated rings. The first-order chi connectivity index (χ1) is 12.5. The van der Waals surface area contributed by atoms with Gasteiger partial charge in [0.1, 0.15) is 0 Å². The lowest BCUT2D eigenvalue weighted by molar-refractivity contribution is -0.125. The zero-order valence-electron chi connectivity index (χ0n) is 15.0. The van der Waals surface area contributed by atoms with E-state index in [4.69, 9.17) is 0 Å². The standard InChI is InChI=1S/C18H24N4O3S/c1-3-4-10-22-17(25)20-21-18(22)26-12-16(24)19-15(13(2)23)11-14-8-6-5-7-9-14/h5-9,15H,3-4,10-12H2,1-2H3,(H,19,24)(H,20,25)/t15-/m0/s1. The van der Waals surface area contributed by atoms with Crippen molar-refractivity contribution in [1.82, 2.24) is 20.1 Å². The monoisotopic (exact) mass is 376 g/mol. The fourth-order valence-corrected chi connectivity index (χ4v) is 3.22. The van der Waals surface area contributed by atoms with Crippen molar-refractivity contribution < 1.29 is 9.59 Å².